The number of aldehydes is 1. The summed E-state index contributed by atoms with van der Waals surface area (Å²) in [6.45, 7) is 0.151. The Bertz CT molecular complexity index is 1340. The van der Waals surface area contributed by atoms with Crippen molar-refractivity contribution >= 4 is 40.7 Å². The summed E-state index contributed by atoms with van der Waals surface area (Å²) >= 11 is 0. The maximum absolute atomic E-state index is 12.6. The molecule has 0 aromatic heterocycles. The van der Waals surface area contributed by atoms with E-state index in [4.69, 9.17) is 4.74 Å². The maximum atomic E-state index is 12.6. The number of amides is 1. The van der Waals surface area contributed by atoms with E-state index in [2.05, 4.69) is 5.32 Å². The van der Waals surface area contributed by atoms with Crippen molar-refractivity contribution in [3.8, 4) is 0 Å². The lowest BCUT2D eigenvalue weighted by Gasteiger charge is -2.10. The van der Waals surface area contributed by atoms with Crippen LogP contribution in [0.3, 0.4) is 0 Å². The molecule has 0 atom stereocenters. The predicted octanol–water partition coefficient (Wildman–Crippen LogP) is 5.66. The quantitative estimate of drug-likeness (QED) is 0.231. The van der Waals surface area contributed by atoms with E-state index in [0.717, 1.165) is 28.2 Å². The molecule has 33 heavy (non-hydrogen) atoms. The average Bonchev–Trinajstić information content (AvgIpc) is 2.86. The normalized spacial score (nSPS) is 10.8. The average molecular weight is 435 g/mol. The number of carbonyl (C=O) groups is 3. The molecule has 0 fully saturated rings. The first-order valence-electron chi connectivity index (χ1n) is 10.4. The highest BCUT2D eigenvalue weighted by Gasteiger charge is 2.13. The molecule has 1 amide bonds. The van der Waals surface area contributed by atoms with E-state index in [1.54, 1.807) is 36.4 Å². The number of hydrogen-bond acceptors (Lipinski definition) is 4. The van der Waals surface area contributed by atoms with Crippen LogP contribution in [-0.4, -0.2) is 18.2 Å². The van der Waals surface area contributed by atoms with Crippen molar-refractivity contribution in [2.75, 3.05) is 5.32 Å². The van der Waals surface area contributed by atoms with E-state index in [1.165, 1.54) is 6.08 Å². The third kappa shape index (κ3) is 5.60. The molecule has 4 aromatic rings. The number of benzene rings is 4. The Morgan fingerprint density at radius 3 is 2.21 bits per heavy atom. The van der Waals surface area contributed by atoms with Gasteiger partial charge in [0.15, 0.2) is 0 Å². The molecule has 0 aliphatic heterocycles. The lowest BCUT2D eigenvalue weighted by molar-refractivity contribution is -0.111. The van der Waals surface area contributed by atoms with Gasteiger partial charge in [0.1, 0.15) is 12.9 Å². The summed E-state index contributed by atoms with van der Waals surface area (Å²) in [5.74, 6) is -0.877. The zero-order valence-electron chi connectivity index (χ0n) is 17.7. The van der Waals surface area contributed by atoms with Crippen LogP contribution in [0.15, 0.2) is 97.1 Å². The molecule has 0 bridgehead atoms. The molecule has 5 nitrogen and oxygen atoms in total. The summed E-state index contributed by atoms with van der Waals surface area (Å²) in [6, 6.07) is 27.3. The molecule has 162 valence electrons. The fourth-order valence-corrected chi connectivity index (χ4v) is 3.38. The van der Waals surface area contributed by atoms with Gasteiger partial charge in [0.05, 0.1) is 11.3 Å². The Labute approximate surface area is 191 Å². The van der Waals surface area contributed by atoms with Gasteiger partial charge in [-0.15, -0.1) is 0 Å². The number of esters is 1. The number of rotatable bonds is 7. The van der Waals surface area contributed by atoms with Crippen LogP contribution >= 0.6 is 0 Å². The van der Waals surface area contributed by atoms with E-state index in [0.29, 0.717) is 11.3 Å². The Balaban J connectivity index is 1.43. The minimum Gasteiger partial charge on any atom is -0.457 e. The fourth-order valence-electron chi connectivity index (χ4n) is 3.38. The summed E-state index contributed by atoms with van der Waals surface area (Å²) in [6.07, 6.45) is 3.92. The smallest absolute Gasteiger partial charge is 0.340 e. The van der Waals surface area contributed by atoms with Crippen molar-refractivity contribution in [1.29, 1.82) is 0 Å². The number of nitrogens with one attached hydrogen (secondary N) is 1. The second-order valence-electron chi connectivity index (χ2n) is 7.41. The van der Waals surface area contributed by atoms with Gasteiger partial charge in [-0.1, -0.05) is 66.7 Å². The second kappa shape index (κ2) is 10.2. The molecule has 0 unspecified atom stereocenters. The minimum absolute atomic E-state index is 0.151. The molecule has 0 spiro atoms. The van der Waals surface area contributed by atoms with Crippen molar-refractivity contribution in [3.63, 3.8) is 0 Å². The number of fused-ring (bicyclic) bond motifs is 1. The monoisotopic (exact) mass is 435 g/mol. The number of para-hydroxylation sites is 1. The summed E-state index contributed by atoms with van der Waals surface area (Å²) in [7, 11) is 0. The third-order valence-electron chi connectivity index (χ3n) is 5.07. The van der Waals surface area contributed by atoms with Crippen LogP contribution in [0.2, 0.25) is 0 Å². The van der Waals surface area contributed by atoms with Gasteiger partial charge in [-0.05, 0) is 52.2 Å². The summed E-state index contributed by atoms with van der Waals surface area (Å²) in [4.78, 5) is 36.0. The van der Waals surface area contributed by atoms with Crippen LogP contribution in [0.25, 0.3) is 16.8 Å². The van der Waals surface area contributed by atoms with Crippen molar-refractivity contribution in [2.24, 2.45) is 0 Å². The van der Waals surface area contributed by atoms with Gasteiger partial charge in [-0.25, -0.2) is 4.79 Å². The predicted molar refractivity (Wildman–Crippen MR) is 129 cm³/mol. The van der Waals surface area contributed by atoms with Crippen molar-refractivity contribution in [3.05, 3.63) is 119 Å². The van der Waals surface area contributed by atoms with Gasteiger partial charge < -0.3 is 10.1 Å². The van der Waals surface area contributed by atoms with E-state index < -0.39 is 5.97 Å². The Hall–Kier alpha value is -4.51. The zero-order valence-corrected chi connectivity index (χ0v) is 17.7. The lowest BCUT2D eigenvalue weighted by atomic mass is 10.0. The Kier molecular flexibility index (Phi) is 6.71. The minimum atomic E-state index is -0.511. The highest BCUT2D eigenvalue weighted by molar-refractivity contribution is 6.06. The topological polar surface area (TPSA) is 72.5 Å². The Morgan fingerprint density at radius 1 is 0.788 bits per heavy atom. The number of carbonyl (C=O) groups excluding carboxylic acids is 3. The van der Waals surface area contributed by atoms with Crippen LogP contribution in [-0.2, 0) is 16.1 Å². The molecule has 0 aliphatic carbocycles. The van der Waals surface area contributed by atoms with E-state index >= 15 is 0 Å². The molecule has 4 rings (SSSR count). The fraction of sp³-hybridized carbons (Fsp3) is 0.0357. The molecule has 5 heteroatoms. The third-order valence-corrected chi connectivity index (χ3v) is 5.07. The first-order valence-corrected chi connectivity index (χ1v) is 10.4. The van der Waals surface area contributed by atoms with Gasteiger partial charge in [0.2, 0.25) is 5.91 Å². The van der Waals surface area contributed by atoms with Crippen LogP contribution in [0.5, 0.6) is 0 Å². The largest absolute Gasteiger partial charge is 0.457 e. The van der Waals surface area contributed by atoms with Gasteiger partial charge in [0.25, 0.3) is 0 Å². The van der Waals surface area contributed by atoms with Gasteiger partial charge >= 0.3 is 5.97 Å². The molecule has 0 aliphatic rings. The molecular formula is C28H21NO4. The lowest BCUT2D eigenvalue weighted by Crippen LogP contribution is -2.13. The number of anilines is 1. The number of hydrogen-bond donors (Lipinski definition) is 1. The molecule has 0 saturated carbocycles. The van der Waals surface area contributed by atoms with E-state index in [-0.39, 0.29) is 18.1 Å². The molecule has 0 saturated heterocycles. The maximum Gasteiger partial charge on any atom is 0.340 e. The highest BCUT2D eigenvalue weighted by atomic mass is 16.5. The molecule has 1 N–H and O–H groups in total. The van der Waals surface area contributed by atoms with Crippen LogP contribution in [0.4, 0.5) is 5.69 Å². The van der Waals surface area contributed by atoms with E-state index in [1.807, 2.05) is 60.7 Å². The zero-order chi connectivity index (χ0) is 23.0. The Morgan fingerprint density at radius 2 is 1.45 bits per heavy atom. The highest BCUT2D eigenvalue weighted by Crippen LogP contribution is 2.19. The van der Waals surface area contributed by atoms with Crippen LogP contribution in [0.1, 0.15) is 31.8 Å². The summed E-state index contributed by atoms with van der Waals surface area (Å²) < 4.78 is 5.39. The first kappa shape index (κ1) is 21.7. The molecule has 0 heterocycles. The molecular weight excluding hydrogens is 414 g/mol. The van der Waals surface area contributed by atoms with Crippen molar-refractivity contribution < 1.29 is 19.1 Å². The number of ether oxygens (including phenoxy) is 1. The standard InChI is InChI=1S/C28H21NO4/c30-18-22-11-14-23-16-20(10-13-24(23)17-22)12-15-27(31)29-26-9-5-4-8-25(26)28(32)33-19-21-6-2-1-3-7-21/h1-18H,19H2,(H,29,31)/b15-12+. The molecule has 4 aromatic carbocycles. The first-order chi connectivity index (χ1) is 16.1. The summed E-state index contributed by atoms with van der Waals surface area (Å²) in [5.41, 5.74) is 3.00. The van der Waals surface area contributed by atoms with Crippen LogP contribution in [0, 0.1) is 0 Å². The summed E-state index contributed by atoms with van der Waals surface area (Å²) in [5, 5.41) is 4.66. The molecule has 0 radical (unpaired) electrons. The van der Waals surface area contributed by atoms with Gasteiger partial charge in [0, 0.05) is 11.6 Å². The van der Waals surface area contributed by atoms with E-state index in [9.17, 15) is 14.4 Å². The SMILES string of the molecule is O=Cc1ccc2cc(/C=C/C(=O)Nc3ccccc3C(=O)OCc3ccccc3)ccc2c1. The van der Waals surface area contributed by atoms with Crippen LogP contribution < -0.4 is 5.32 Å². The second-order valence-corrected chi connectivity index (χ2v) is 7.41. The van der Waals surface area contributed by atoms with Crippen molar-refractivity contribution in [1.82, 2.24) is 0 Å². The van der Waals surface area contributed by atoms with Gasteiger partial charge in [-0.2, -0.15) is 0 Å². The van der Waals surface area contributed by atoms with Gasteiger partial charge in [-0.3, -0.25) is 9.59 Å². The van der Waals surface area contributed by atoms with Crippen molar-refractivity contribution in [2.45, 2.75) is 6.61 Å².